The zero-order valence-electron chi connectivity index (χ0n) is 16.7. The van der Waals surface area contributed by atoms with Gasteiger partial charge in [-0.3, -0.25) is 4.79 Å². The molecule has 1 aromatic carbocycles. The van der Waals surface area contributed by atoms with E-state index in [0.717, 1.165) is 0 Å². The largest absolute Gasteiger partial charge is 0.462 e. The smallest absolute Gasteiger partial charge is 0.340 e. The number of carbonyl (C=O) groups is 2. The lowest BCUT2D eigenvalue weighted by Gasteiger charge is -2.08. The van der Waals surface area contributed by atoms with Gasteiger partial charge >= 0.3 is 5.97 Å². The van der Waals surface area contributed by atoms with Crippen LogP contribution in [0, 0.1) is 13.8 Å². The molecule has 0 radical (unpaired) electrons. The van der Waals surface area contributed by atoms with E-state index in [1.165, 1.54) is 6.08 Å². The number of benzene rings is 1. The molecule has 0 unspecified atom stereocenters. The Bertz CT molecular complexity index is 1010. The molecule has 0 bridgehead atoms. The second-order valence-electron chi connectivity index (χ2n) is 6.39. The number of hydrogen-bond donors (Lipinski definition) is 3. The van der Waals surface area contributed by atoms with Crippen molar-refractivity contribution >= 4 is 27.6 Å². The molecule has 0 atom stereocenters. The lowest BCUT2D eigenvalue weighted by Crippen LogP contribution is -2.25. The minimum atomic E-state index is -3.45. The molecule has 0 saturated heterocycles. The number of rotatable bonds is 9. The Hall–Kier alpha value is -2.91. The number of sulfonamides is 1. The summed E-state index contributed by atoms with van der Waals surface area (Å²) in [6, 6.07) is 6.49. The average molecular weight is 420 g/mol. The molecular weight excluding hydrogens is 394 g/mol. The molecule has 2 rings (SSSR count). The minimum Gasteiger partial charge on any atom is -0.462 e. The van der Waals surface area contributed by atoms with E-state index in [0.29, 0.717) is 28.1 Å². The molecule has 1 aromatic heterocycles. The van der Waals surface area contributed by atoms with E-state index in [4.69, 9.17) is 4.74 Å². The third-order valence-electron chi connectivity index (χ3n) is 4.16. The number of ether oxygens (including phenoxy) is 1. The highest BCUT2D eigenvalue weighted by Crippen LogP contribution is 2.21. The number of aromatic amines is 1. The molecule has 0 spiro atoms. The van der Waals surface area contributed by atoms with Crippen LogP contribution in [0.4, 0.5) is 5.69 Å². The van der Waals surface area contributed by atoms with Crippen LogP contribution in [0.2, 0.25) is 0 Å². The molecular formula is C20H25N3O5S. The maximum absolute atomic E-state index is 12.6. The first-order valence-corrected chi connectivity index (χ1v) is 10.7. The Labute approximate surface area is 170 Å². The SMILES string of the molecule is C=CCNS(=O)(=O)Cc1ccc(NC(=O)c2[nH]c(C)c(C(=O)OCC)c2C)cc1. The molecule has 0 saturated carbocycles. The van der Waals surface area contributed by atoms with Gasteiger partial charge in [0.25, 0.3) is 5.91 Å². The third-order valence-corrected chi connectivity index (χ3v) is 5.48. The van der Waals surface area contributed by atoms with E-state index < -0.39 is 21.9 Å². The summed E-state index contributed by atoms with van der Waals surface area (Å²) in [5.74, 6) is -1.06. The van der Waals surface area contributed by atoms with Gasteiger partial charge in [-0.2, -0.15) is 0 Å². The summed E-state index contributed by atoms with van der Waals surface area (Å²) < 4.78 is 31.2. The summed E-state index contributed by atoms with van der Waals surface area (Å²) in [5.41, 5.74) is 2.76. The van der Waals surface area contributed by atoms with Crippen LogP contribution in [-0.2, 0) is 20.5 Å². The van der Waals surface area contributed by atoms with Crippen LogP contribution in [0.3, 0.4) is 0 Å². The van der Waals surface area contributed by atoms with E-state index in [-0.39, 0.29) is 24.6 Å². The van der Waals surface area contributed by atoms with Crippen molar-refractivity contribution in [1.82, 2.24) is 9.71 Å². The average Bonchev–Trinajstić information content (AvgIpc) is 2.96. The maximum atomic E-state index is 12.6. The monoisotopic (exact) mass is 419 g/mol. The van der Waals surface area contributed by atoms with Gasteiger partial charge in [0.15, 0.2) is 0 Å². The number of aryl methyl sites for hydroxylation is 1. The quantitative estimate of drug-likeness (QED) is 0.427. The van der Waals surface area contributed by atoms with Crippen molar-refractivity contribution in [3.63, 3.8) is 0 Å². The Morgan fingerprint density at radius 2 is 1.86 bits per heavy atom. The molecule has 8 nitrogen and oxygen atoms in total. The lowest BCUT2D eigenvalue weighted by atomic mass is 10.1. The van der Waals surface area contributed by atoms with Gasteiger partial charge < -0.3 is 15.0 Å². The van der Waals surface area contributed by atoms with Gasteiger partial charge in [-0.05, 0) is 44.0 Å². The van der Waals surface area contributed by atoms with Gasteiger partial charge in [0.1, 0.15) is 5.69 Å². The van der Waals surface area contributed by atoms with Crippen LogP contribution < -0.4 is 10.0 Å². The number of hydrogen-bond acceptors (Lipinski definition) is 5. The van der Waals surface area contributed by atoms with Crippen LogP contribution in [0.15, 0.2) is 36.9 Å². The van der Waals surface area contributed by atoms with Crippen molar-refractivity contribution in [3.8, 4) is 0 Å². The summed E-state index contributed by atoms with van der Waals surface area (Å²) in [7, 11) is -3.45. The molecule has 2 aromatic rings. The Morgan fingerprint density at radius 3 is 2.45 bits per heavy atom. The van der Waals surface area contributed by atoms with E-state index in [9.17, 15) is 18.0 Å². The zero-order chi connectivity index (χ0) is 21.6. The molecule has 1 heterocycles. The second-order valence-corrected chi connectivity index (χ2v) is 8.20. The normalized spacial score (nSPS) is 11.1. The van der Waals surface area contributed by atoms with Crippen molar-refractivity contribution < 1.29 is 22.7 Å². The van der Waals surface area contributed by atoms with Gasteiger partial charge in [-0.1, -0.05) is 18.2 Å². The number of carbonyl (C=O) groups excluding carboxylic acids is 2. The standard InChI is InChI=1S/C20H25N3O5S/c1-5-11-21-29(26,27)12-15-7-9-16(10-8-15)23-19(24)18-13(3)17(14(4)22-18)20(25)28-6-2/h5,7-10,21-22H,1,6,11-12H2,2-4H3,(H,23,24). The van der Waals surface area contributed by atoms with E-state index >= 15 is 0 Å². The van der Waals surface area contributed by atoms with E-state index in [1.807, 2.05) is 0 Å². The fourth-order valence-corrected chi connectivity index (χ4v) is 3.93. The summed E-state index contributed by atoms with van der Waals surface area (Å²) in [4.78, 5) is 27.6. The second kappa shape index (κ2) is 9.53. The fraction of sp³-hybridized carbons (Fsp3) is 0.300. The Kier molecular flexibility index (Phi) is 7.35. The number of H-pyrrole nitrogens is 1. The minimum absolute atomic E-state index is 0.166. The van der Waals surface area contributed by atoms with Crippen molar-refractivity contribution in [2.75, 3.05) is 18.5 Å². The van der Waals surface area contributed by atoms with E-state index in [2.05, 4.69) is 21.6 Å². The lowest BCUT2D eigenvalue weighted by molar-refractivity contribution is 0.0525. The van der Waals surface area contributed by atoms with Crippen molar-refractivity contribution in [3.05, 3.63) is 65.0 Å². The summed E-state index contributed by atoms with van der Waals surface area (Å²) >= 11 is 0. The van der Waals surface area contributed by atoms with Crippen molar-refractivity contribution in [1.29, 1.82) is 0 Å². The molecule has 0 fully saturated rings. The number of esters is 1. The Morgan fingerprint density at radius 1 is 1.21 bits per heavy atom. The predicted octanol–water partition coefficient (Wildman–Crippen LogP) is 2.67. The molecule has 29 heavy (non-hydrogen) atoms. The first-order chi connectivity index (χ1) is 13.7. The van der Waals surface area contributed by atoms with Gasteiger partial charge in [-0.25, -0.2) is 17.9 Å². The number of amides is 1. The highest BCUT2D eigenvalue weighted by molar-refractivity contribution is 7.88. The summed E-state index contributed by atoms with van der Waals surface area (Å²) in [6.07, 6.45) is 1.47. The molecule has 9 heteroatoms. The molecule has 0 aliphatic carbocycles. The van der Waals surface area contributed by atoms with Crippen molar-refractivity contribution in [2.24, 2.45) is 0 Å². The van der Waals surface area contributed by atoms with Crippen LogP contribution >= 0.6 is 0 Å². The van der Waals surface area contributed by atoms with Gasteiger partial charge in [-0.15, -0.1) is 6.58 Å². The fourth-order valence-electron chi connectivity index (χ4n) is 2.82. The van der Waals surface area contributed by atoms with Gasteiger partial charge in [0.05, 0.1) is 17.9 Å². The van der Waals surface area contributed by atoms with Crippen molar-refractivity contribution in [2.45, 2.75) is 26.5 Å². The number of anilines is 1. The van der Waals surface area contributed by atoms with Gasteiger partial charge in [0, 0.05) is 17.9 Å². The highest BCUT2D eigenvalue weighted by atomic mass is 32.2. The topological polar surface area (TPSA) is 117 Å². The third kappa shape index (κ3) is 5.78. The molecule has 1 amide bonds. The van der Waals surface area contributed by atoms with Gasteiger partial charge in [0.2, 0.25) is 10.0 Å². The van der Waals surface area contributed by atoms with Crippen LogP contribution in [0.1, 0.15) is 44.6 Å². The Balaban J connectivity index is 2.11. The first-order valence-electron chi connectivity index (χ1n) is 9.03. The van der Waals surface area contributed by atoms with Crippen LogP contribution in [0.5, 0.6) is 0 Å². The zero-order valence-corrected chi connectivity index (χ0v) is 17.5. The van der Waals surface area contributed by atoms with E-state index in [1.54, 1.807) is 45.0 Å². The van der Waals surface area contributed by atoms with Crippen LogP contribution in [0.25, 0.3) is 0 Å². The summed E-state index contributed by atoms with van der Waals surface area (Å²) in [5, 5.41) is 2.73. The molecule has 0 aliphatic rings. The number of nitrogens with one attached hydrogen (secondary N) is 3. The first kappa shape index (κ1) is 22.4. The highest BCUT2D eigenvalue weighted by Gasteiger charge is 2.23. The maximum Gasteiger partial charge on any atom is 0.340 e. The molecule has 3 N–H and O–H groups in total. The summed E-state index contributed by atoms with van der Waals surface area (Å²) in [6.45, 7) is 8.97. The predicted molar refractivity (Wildman–Crippen MR) is 111 cm³/mol. The molecule has 156 valence electrons. The van der Waals surface area contributed by atoms with Crippen LogP contribution in [-0.4, -0.2) is 38.4 Å². The molecule has 0 aliphatic heterocycles. The number of aromatic nitrogens is 1.